The van der Waals surface area contributed by atoms with Gasteiger partial charge in [-0.15, -0.1) is 0 Å². The van der Waals surface area contributed by atoms with Crippen molar-refractivity contribution in [1.29, 1.82) is 0 Å². The van der Waals surface area contributed by atoms with E-state index in [1.807, 2.05) is 24.3 Å². The van der Waals surface area contributed by atoms with Crippen LogP contribution in [0, 0.1) is 0 Å². The lowest BCUT2D eigenvalue weighted by atomic mass is 10.0. The largest absolute Gasteiger partial charge is 0.345 e. The Kier molecular flexibility index (Phi) is 5.07. The Bertz CT molecular complexity index is 877. The Morgan fingerprint density at radius 1 is 1.15 bits per heavy atom. The highest BCUT2D eigenvalue weighted by Crippen LogP contribution is 2.28. The molecule has 2 aromatic rings. The third-order valence-corrected chi connectivity index (χ3v) is 5.27. The first kappa shape index (κ1) is 17.6. The smallest absolute Gasteiger partial charge is 0.241 e. The lowest BCUT2D eigenvalue weighted by Crippen LogP contribution is -2.35. The number of amides is 1. The summed E-state index contributed by atoms with van der Waals surface area (Å²) >= 11 is 0. The van der Waals surface area contributed by atoms with Gasteiger partial charge < -0.3 is 15.5 Å². The minimum Gasteiger partial charge on any atom is -0.345 e. The highest BCUT2D eigenvalue weighted by Gasteiger charge is 2.21. The summed E-state index contributed by atoms with van der Waals surface area (Å²) in [6.45, 7) is 0.927. The number of benzene rings is 2. The van der Waals surface area contributed by atoms with Crippen LogP contribution in [0.2, 0.25) is 0 Å². The van der Waals surface area contributed by atoms with Gasteiger partial charge in [0.05, 0.1) is 6.04 Å². The number of allylic oxidation sites excluding steroid dienone is 2. The van der Waals surface area contributed by atoms with Gasteiger partial charge in [-0.05, 0) is 61.2 Å². The fourth-order valence-electron chi connectivity index (χ4n) is 3.68. The Balaban J connectivity index is 1.40. The van der Waals surface area contributed by atoms with E-state index in [1.54, 1.807) is 0 Å². The van der Waals surface area contributed by atoms with Gasteiger partial charge in [0.1, 0.15) is 0 Å². The predicted octanol–water partition coefficient (Wildman–Crippen LogP) is 3.97. The van der Waals surface area contributed by atoms with Gasteiger partial charge >= 0.3 is 0 Å². The maximum absolute atomic E-state index is 12.2. The van der Waals surface area contributed by atoms with Crippen molar-refractivity contribution in [3.05, 3.63) is 77.5 Å². The van der Waals surface area contributed by atoms with E-state index in [0.717, 1.165) is 37.1 Å². The molecule has 2 aromatic carbocycles. The number of hydrogen-bond acceptors (Lipinski definition) is 3. The van der Waals surface area contributed by atoms with Crippen LogP contribution in [0.25, 0.3) is 6.08 Å². The van der Waals surface area contributed by atoms with Gasteiger partial charge in [-0.3, -0.25) is 4.79 Å². The molecule has 2 N–H and O–H groups in total. The molecule has 0 radical (unpaired) electrons. The van der Waals surface area contributed by atoms with E-state index < -0.39 is 0 Å². The van der Waals surface area contributed by atoms with E-state index in [1.165, 1.54) is 16.9 Å². The highest BCUT2D eigenvalue weighted by atomic mass is 16.2. The second-order valence-electron chi connectivity index (χ2n) is 7.11. The van der Waals surface area contributed by atoms with Crippen LogP contribution in [0.5, 0.6) is 0 Å². The van der Waals surface area contributed by atoms with Gasteiger partial charge in [0.25, 0.3) is 0 Å². The summed E-state index contributed by atoms with van der Waals surface area (Å²) in [6.07, 6.45) is 9.45. The number of carbonyl (C=O) groups is 1. The minimum absolute atomic E-state index is 0.0544. The van der Waals surface area contributed by atoms with Gasteiger partial charge in [0.2, 0.25) is 5.91 Å². The molecule has 0 unspecified atom stereocenters. The molecule has 4 nitrogen and oxygen atoms in total. The number of nitrogens with one attached hydrogen (secondary N) is 2. The van der Waals surface area contributed by atoms with Crippen LogP contribution in [0.4, 0.5) is 11.4 Å². The summed E-state index contributed by atoms with van der Waals surface area (Å²) in [4.78, 5) is 14.4. The van der Waals surface area contributed by atoms with E-state index in [4.69, 9.17) is 0 Å². The molecule has 1 fully saturated rings. The molecule has 138 valence electrons. The maximum Gasteiger partial charge on any atom is 0.241 e. The van der Waals surface area contributed by atoms with Crippen molar-refractivity contribution in [3.63, 3.8) is 0 Å². The summed E-state index contributed by atoms with van der Waals surface area (Å²) in [5.74, 6) is 0.0587. The fraction of sp³-hybridized carbons (Fsp3) is 0.261. The lowest BCUT2D eigenvalue weighted by molar-refractivity contribution is -0.117. The molecule has 2 aliphatic rings. The molecule has 0 saturated carbocycles. The molecule has 4 heteroatoms. The van der Waals surface area contributed by atoms with Gasteiger partial charge in [0.15, 0.2) is 0 Å². The number of para-hydroxylation sites is 1. The molecule has 0 bridgehead atoms. The summed E-state index contributed by atoms with van der Waals surface area (Å²) in [7, 11) is 2.10. The van der Waals surface area contributed by atoms with Gasteiger partial charge in [-0.25, -0.2) is 0 Å². The van der Waals surface area contributed by atoms with Gasteiger partial charge in [-0.2, -0.15) is 0 Å². The van der Waals surface area contributed by atoms with E-state index in [9.17, 15) is 4.79 Å². The number of carbonyl (C=O) groups excluding carboxylic acids is 1. The molecule has 0 aliphatic carbocycles. The molecule has 1 atom stereocenters. The molecular weight excluding hydrogens is 334 g/mol. The first-order valence-electron chi connectivity index (χ1n) is 9.55. The summed E-state index contributed by atoms with van der Waals surface area (Å²) < 4.78 is 0. The van der Waals surface area contributed by atoms with Crippen molar-refractivity contribution in [1.82, 2.24) is 5.32 Å². The van der Waals surface area contributed by atoms with Crippen molar-refractivity contribution < 1.29 is 4.79 Å². The van der Waals surface area contributed by atoms with Crippen molar-refractivity contribution in [2.24, 2.45) is 0 Å². The van der Waals surface area contributed by atoms with E-state index in [-0.39, 0.29) is 11.9 Å². The molecular formula is C23H25N3O. The topological polar surface area (TPSA) is 44.4 Å². The van der Waals surface area contributed by atoms with Gasteiger partial charge in [-0.1, -0.05) is 42.5 Å². The third kappa shape index (κ3) is 3.96. The molecule has 2 heterocycles. The number of likely N-dealkylation sites (N-methyl/N-ethyl adjacent to an activating group) is 1. The van der Waals surface area contributed by atoms with Crippen molar-refractivity contribution >= 4 is 23.4 Å². The first-order chi connectivity index (χ1) is 13.2. The standard InChI is InChI=1S/C23H25N3O/c1-26-20(15-11-18-5-2-3-7-22(18)26)14-10-17-8-12-19(13-9-17)25-23(27)21-6-4-16-24-21/h2-3,5,7-10,12-15,21,24H,4,6,11,16H2,1H3,(H,25,27)/b14-10+/t21-/m0/s1. The molecule has 1 amide bonds. The quantitative estimate of drug-likeness (QED) is 0.868. The molecule has 4 rings (SSSR count). The average molecular weight is 359 g/mol. The maximum atomic E-state index is 12.2. The van der Waals surface area contributed by atoms with Crippen LogP contribution in [0.3, 0.4) is 0 Å². The van der Waals surface area contributed by atoms with Crippen LogP contribution < -0.4 is 15.5 Å². The highest BCUT2D eigenvalue weighted by molar-refractivity contribution is 5.95. The normalized spacial score (nSPS) is 19.1. The van der Waals surface area contributed by atoms with Crippen LogP contribution >= 0.6 is 0 Å². The zero-order valence-corrected chi connectivity index (χ0v) is 15.6. The Labute approximate surface area is 160 Å². The van der Waals surface area contributed by atoms with Crippen LogP contribution in [0.15, 0.2) is 66.4 Å². The SMILES string of the molecule is CN1C(/C=C/c2ccc(NC(=O)[C@@H]3CCCN3)cc2)=CCc2ccccc21. The zero-order valence-electron chi connectivity index (χ0n) is 15.6. The predicted molar refractivity (Wildman–Crippen MR) is 112 cm³/mol. The Morgan fingerprint density at radius 2 is 1.96 bits per heavy atom. The molecule has 2 aliphatic heterocycles. The summed E-state index contributed by atoms with van der Waals surface area (Å²) in [5, 5.41) is 6.21. The van der Waals surface area contributed by atoms with Gasteiger partial charge in [0, 0.05) is 24.1 Å². The number of anilines is 2. The summed E-state index contributed by atoms with van der Waals surface area (Å²) in [5.41, 5.74) is 5.76. The molecule has 27 heavy (non-hydrogen) atoms. The first-order valence-corrected chi connectivity index (χ1v) is 9.55. The zero-order chi connectivity index (χ0) is 18.6. The van der Waals surface area contributed by atoms with E-state index in [2.05, 4.69) is 65.1 Å². The monoisotopic (exact) mass is 359 g/mol. The molecule has 0 spiro atoms. The van der Waals surface area contributed by atoms with E-state index >= 15 is 0 Å². The molecule has 1 saturated heterocycles. The second kappa shape index (κ2) is 7.80. The van der Waals surface area contributed by atoms with E-state index in [0.29, 0.717) is 0 Å². The van der Waals surface area contributed by atoms with Crippen LogP contribution in [-0.4, -0.2) is 25.5 Å². The van der Waals surface area contributed by atoms with Crippen molar-refractivity contribution in [2.75, 3.05) is 23.8 Å². The number of rotatable bonds is 4. The van der Waals surface area contributed by atoms with Crippen LogP contribution in [0.1, 0.15) is 24.0 Å². The lowest BCUT2D eigenvalue weighted by Gasteiger charge is -2.27. The second-order valence-corrected chi connectivity index (χ2v) is 7.11. The third-order valence-electron chi connectivity index (χ3n) is 5.27. The van der Waals surface area contributed by atoms with Crippen molar-refractivity contribution in [2.45, 2.75) is 25.3 Å². The number of hydrogen-bond donors (Lipinski definition) is 2. The minimum atomic E-state index is -0.0544. The van der Waals surface area contributed by atoms with Crippen molar-refractivity contribution in [3.8, 4) is 0 Å². The van der Waals surface area contributed by atoms with Crippen LogP contribution in [-0.2, 0) is 11.2 Å². The summed E-state index contributed by atoms with van der Waals surface area (Å²) in [6, 6.07) is 16.4. The number of fused-ring (bicyclic) bond motifs is 1. The Morgan fingerprint density at radius 3 is 2.74 bits per heavy atom. The average Bonchev–Trinajstić information content (AvgIpc) is 3.24. The Hall–Kier alpha value is -2.85. The fourth-order valence-corrected chi connectivity index (χ4v) is 3.68. The number of nitrogens with zero attached hydrogens (tertiary/aromatic N) is 1. The molecule has 0 aromatic heterocycles.